The summed E-state index contributed by atoms with van der Waals surface area (Å²) in [5.74, 6) is 0.174. The zero-order valence-corrected chi connectivity index (χ0v) is 17.2. The molecule has 0 aliphatic carbocycles. The van der Waals surface area contributed by atoms with E-state index in [0.717, 1.165) is 44.6 Å². The van der Waals surface area contributed by atoms with Gasteiger partial charge in [0.05, 0.1) is 32.1 Å². The van der Waals surface area contributed by atoms with Crippen LogP contribution in [0.1, 0.15) is 22.9 Å². The molecule has 0 radical (unpaired) electrons. The maximum Gasteiger partial charge on any atom is 0.335 e. The molecular weight excluding hydrogens is 396 g/mol. The summed E-state index contributed by atoms with van der Waals surface area (Å²) in [5, 5.41) is 12.3. The van der Waals surface area contributed by atoms with E-state index < -0.39 is 17.3 Å². The van der Waals surface area contributed by atoms with Crippen LogP contribution in [0, 0.1) is 0 Å². The molecule has 3 heterocycles. The average molecular weight is 419 g/mol. The Balaban J connectivity index is 1.77. The topological polar surface area (TPSA) is 105 Å². The Morgan fingerprint density at radius 3 is 2.74 bits per heavy atom. The Labute approximate surface area is 177 Å². The Morgan fingerprint density at radius 2 is 1.94 bits per heavy atom. The minimum absolute atomic E-state index is 0.160. The predicted octanol–water partition coefficient (Wildman–Crippen LogP) is 0.881. The number of hydrogen-bond acceptors (Lipinski definition) is 4. The van der Waals surface area contributed by atoms with Gasteiger partial charge in [0.25, 0.3) is 5.56 Å². The molecule has 0 saturated heterocycles. The first kappa shape index (κ1) is 19.2. The number of nitrogens with one attached hydrogen (secondary N) is 3. The number of aromatic hydroxyl groups is 1. The smallest absolute Gasteiger partial charge is 0.335 e. The minimum atomic E-state index is -0.704. The van der Waals surface area contributed by atoms with Crippen LogP contribution in [0.5, 0.6) is 11.6 Å². The van der Waals surface area contributed by atoms with Crippen LogP contribution in [0.4, 0.5) is 0 Å². The summed E-state index contributed by atoms with van der Waals surface area (Å²) in [6.45, 7) is 0.788. The number of nitrogens with zero attached hydrogens (tertiary/aromatic N) is 1. The van der Waals surface area contributed by atoms with Crippen molar-refractivity contribution in [3.63, 3.8) is 0 Å². The Bertz CT molecular complexity index is 1420. The van der Waals surface area contributed by atoms with Crippen molar-refractivity contribution in [2.24, 2.45) is 0 Å². The van der Waals surface area contributed by atoms with Crippen LogP contribution in [-0.4, -0.2) is 40.3 Å². The molecule has 0 amide bonds. The van der Waals surface area contributed by atoms with Crippen LogP contribution in [0.15, 0.2) is 58.1 Å². The van der Waals surface area contributed by atoms with Gasteiger partial charge in [0.15, 0.2) is 6.04 Å². The SMILES string of the molecule is COc1cccc(-n2c(O)c([C@@H]3c4[nH]c5ccccc5c4CC[NH+]3C)c(=O)[nH]c2=O)c1. The molecule has 0 fully saturated rings. The van der Waals surface area contributed by atoms with E-state index in [2.05, 4.69) is 16.0 Å². The molecule has 31 heavy (non-hydrogen) atoms. The molecule has 8 nitrogen and oxygen atoms in total. The van der Waals surface area contributed by atoms with Crippen molar-refractivity contribution < 1.29 is 14.7 Å². The van der Waals surface area contributed by atoms with Crippen molar-refractivity contribution in [3.05, 3.63) is 86.2 Å². The van der Waals surface area contributed by atoms with Crippen molar-refractivity contribution in [2.45, 2.75) is 12.5 Å². The fourth-order valence-corrected chi connectivity index (χ4v) is 4.63. The van der Waals surface area contributed by atoms with Gasteiger partial charge in [-0.3, -0.25) is 9.78 Å². The number of methoxy groups -OCH3 is 1. The number of fused-ring (bicyclic) bond motifs is 3. The third-order valence-electron chi connectivity index (χ3n) is 6.12. The largest absolute Gasteiger partial charge is 0.497 e. The number of H-pyrrole nitrogens is 2. The lowest BCUT2D eigenvalue weighted by Crippen LogP contribution is -3.10. The first-order valence-electron chi connectivity index (χ1n) is 10.1. The number of ether oxygens (including phenoxy) is 1. The predicted molar refractivity (Wildman–Crippen MR) is 116 cm³/mol. The van der Waals surface area contributed by atoms with Crippen molar-refractivity contribution >= 4 is 10.9 Å². The summed E-state index contributed by atoms with van der Waals surface area (Å²) in [7, 11) is 3.51. The van der Waals surface area contributed by atoms with Crippen LogP contribution in [0.2, 0.25) is 0 Å². The van der Waals surface area contributed by atoms with Gasteiger partial charge >= 0.3 is 5.69 Å². The summed E-state index contributed by atoms with van der Waals surface area (Å²) in [6, 6.07) is 14.3. The molecule has 2 aromatic heterocycles. The van der Waals surface area contributed by atoms with E-state index >= 15 is 0 Å². The molecule has 0 bridgehead atoms. The minimum Gasteiger partial charge on any atom is -0.497 e. The van der Waals surface area contributed by atoms with Gasteiger partial charge in [-0.25, -0.2) is 9.36 Å². The van der Waals surface area contributed by atoms with Gasteiger partial charge < -0.3 is 19.7 Å². The monoisotopic (exact) mass is 419 g/mol. The highest BCUT2D eigenvalue weighted by Gasteiger charge is 2.38. The van der Waals surface area contributed by atoms with Gasteiger partial charge in [-0.1, -0.05) is 24.3 Å². The summed E-state index contributed by atoms with van der Waals surface area (Å²) < 4.78 is 6.36. The molecule has 0 spiro atoms. The zero-order valence-electron chi connectivity index (χ0n) is 17.2. The fourth-order valence-electron chi connectivity index (χ4n) is 4.63. The highest BCUT2D eigenvalue weighted by atomic mass is 16.5. The van der Waals surface area contributed by atoms with Gasteiger partial charge in [0.1, 0.15) is 11.3 Å². The van der Waals surface area contributed by atoms with E-state index in [1.807, 2.05) is 25.2 Å². The highest BCUT2D eigenvalue weighted by molar-refractivity contribution is 5.85. The summed E-state index contributed by atoms with van der Waals surface area (Å²) >= 11 is 0. The molecule has 2 aromatic carbocycles. The number of likely N-dealkylation sites (N-methyl/N-ethyl adjacent to an activating group) is 1. The van der Waals surface area contributed by atoms with E-state index in [9.17, 15) is 14.7 Å². The third-order valence-corrected chi connectivity index (χ3v) is 6.12. The normalized spacial score (nSPS) is 18.1. The molecule has 1 unspecified atom stereocenters. The second-order valence-electron chi connectivity index (χ2n) is 7.88. The number of hydrogen-bond donors (Lipinski definition) is 4. The number of benzene rings is 2. The summed E-state index contributed by atoms with van der Waals surface area (Å²) in [6.07, 6.45) is 0.857. The van der Waals surface area contributed by atoms with Gasteiger partial charge in [0, 0.05) is 23.4 Å². The molecule has 4 aromatic rings. The Hall–Kier alpha value is -3.78. The average Bonchev–Trinajstić information content (AvgIpc) is 3.14. The molecular formula is C23H23N4O4+. The quantitative estimate of drug-likeness (QED) is 0.396. The molecule has 158 valence electrons. The molecule has 5 rings (SSSR count). The van der Waals surface area contributed by atoms with Gasteiger partial charge in [-0.05, 0) is 23.8 Å². The Morgan fingerprint density at radius 1 is 1.13 bits per heavy atom. The lowest BCUT2D eigenvalue weighted by molar-refractivity contribution is -0.908. The fraction of sp³-hybridized carbons (Fsp3) is 0.217. The van der Waals surface area contributed by atoms with Crippen LogP contribution in [0.25, 0.3) is 16.6 Å². The van der Waals surface area contributed by atoms with Crippen LogP contribution >= 0.6 is 0 Å². The van der Waals surface area contributed by atoms with Crippen molar-refractivity contribution in [3.8, 4) is 17.3 Å². The van der Waals surface area contributed by atoms with Gasteiger partial charge in [-0.15, -0.1) is 0 Å². The molecule has 8 heteroatoms. The van der Waals surface area contributed by atoms with Crippen molar-refractivity contribution in [2.75, 3.05) is 20.7 Å². The van der Waals surface area contributed by atoms with Crippen molar-refractivity contribution in [1.82, 2.24) is 14.5 Å². The molecule has 2 atom stereocenters. The first-order chi connectivity index (χ1) is 15.0. The van der Waals surface area contributed by atoms with Crippen LogP contribution in [0.3, 0.4) is 0 Å². The van der Waals surface area contributed by atoms with Crippen molar-refractivity contribution in [1.29, 1.82) is 0 Å². The summed E-state index contributed by atoms with van der Waals surface area (Å²) in [4.78, 5) is 32.5. The third kappa shape index (κ3) is 2.95. The number of aromatic amines is 2. The molecule has 1 aliphatic heterocycles. The zero-order chi connectivity index (χ0) is 21.7. The molecule has 0 saturated carbocycles. The molecule has 1 aliphatic rings. The van der Waals surface area contributed by atoms with E-state index in [-0.39, 0.29) is 11.4 Å². The number of rotatable bonds is 3. The van der Waals surface area contributed by atoms with Gasteiger partial charge in [0.2, 0.25) is 5.88 Å². The van der Waals surface area contributed by atoms with E-state index in [0.29, 0.717) is 11.4 Å². The first-order valence-corrected chi connectivity index (χ1v) is 10.1. The lowest BCUT2D eigenvalue weighted by Gasteiger charge is -2.30. The standard InChI is InChI=1S/C23H22N4O4/c1-26-11-10-16-15-8-3-4-9-17(15)24-19(16)20(26)18-21(28)25-23(30)27(22(18)29)13-6-5-7-14(12-13)31-2/h3-9,12,20,24,29H,10-11H2,1-2H3,(H,25,28,30)/p+1/t20-/m1/s1. The number of quaternary nitrogens is 1. The lowest BCUT2D eigenvalue weighted by atomic mass is 9.94. The maximum absolute atomic E-state index is 13.0. The molecule has 4 N–H and O–H groups in total. The highest BCUT2D eigenvalue weighted by Crippen LogP contribution is 2.33. The number of aromatic nitrogens is 3. The van der Waals surface area contributed by atoms with E-state index in [4.69, 9.17) is 4.74 Å². The second kappa shape index (κ2) is 7.17. The van der Waals surface area contributed by atoms with E-state index in [1.54, 1.807) is 24.3 Å². The van der Waals surface area contributed by atoms with Gasteiger partial charge in [-0.2, -0.15) is 0 Å². The number of para-hydroxylation sites is 1. The van der Waals surface area contributed by atoms with Crippen LogP contribution < -0.4 is 20.9 Å². The van der Waals surface area contributed by atoms with E-state index in [1.165, 1.54) is 7.11 Å². The summed E-state index contributed by atoms with van der Waals surface area (Å²) in [5.41, 5.74) is 2.30. The van der Waals surface area contributed by atoms with Crippen LogP contribution in [-0.2, 0) is 6.42 Å². The maximum atomic E-state index is 13.0. The second-order valence-corrected chi connectivity index (χ2v) is 7.88. The Kier molecular flexibility index (Phi) is 4.44.